The van der Waals surface area contributed by atoms with Crippen molar-refractivity contribution in [2.45, 2.75) is 19.3 Å². The molecule has 7 nitrogen and oxygen atoms in total. The summed E-state index contributed by atoms with van der Waals surface area (Å²) >= 11 is 0. The molecule has 0 aliphatic carbocycles. The van der Waals surface area contributed by atoms with Crippen molar-refractivity contribution in [2.24, 2.45) is 12.0 Å². The number of pyridine rings is 2. The zero-order chi connectivity index (χ0) is 26.4. The van der Waals surface area contributed by atoms with E-state index in [1.807, 2.05) is 66.7 Å². The van der Waals surface area contributed by atoms with Crippen LogP contribution in [0.2, 0.25) is 0 Å². The number of benzene rings is 3. The van der Waals surface area contributed by atoms with Crippen molar-refractivity contribution in [3.63, 3.8) is 0 Å². The van der Waals surface area contributed by atoms with Crippen molar-refractivity contribution < 1.29 is 0 Å². The van der Waals surface area contributed by atoms with Gasteiger partial charge in [-0.2, -0.15) is 10.5 Å². The number of nitriles is 2. The Bertz CT molecular complexity index is 2020. The van der Waals surface area contributed by atoms with E-state index in [9.17, 15) is 10.5 Å². The summed E-state index contributed by atoms with van der Waals surface area (Å²) < 4.78 is 3.80. The Labute approximate surface area is 219 Å². The highest BCUT2D eigenvalue weighted by molar-refractivity contribution is 6.06. The molecule has 0 fully saturated rings. The van der Waals surface area contributed by atoms with Crippen molar-refractivity contribution in [3.05, 3.63) is 96.5 Å². The molecule has 38 heavy (non-hydrogen) atoms. The summed E-state index contributed by atoms with van der Waals surface area (Å²) in [5.74, 6) is 0. The van der Waals surface area contributed by atoms with Gasteiger partial charge in [0.1, 0.15) is 0 Å². The summed E-state index contributed by atoms with van der Waals surface area (Å²) in [5, 5.41) is 22.3. The van der Waals surface area contributed by atoms with Gasteiger partial charge in [0.25, 0.3) is 0 Å². The van der Waals surface area contributed by atoms with Crippen LogP contribution >= 0.6 is 0 Å². The molecule has 0 spiro atoms. The molecule has 6 rings (SSSR count). The van der Waals surface area contributed by atoms with E-state index in [2.05, 4.69) is 64.6 Å². The second-order valence-corrected chi connectivity index (χ2v) is 9.80. The van der Waals surface area contributed by atoms with Crippen LogP contribution in [0.4, 0.5) is 0 Å². The molecule has 0 aliphatic rings. The third-order valence-electron chi connectivity index (χ3n) is 7.08. The molecule has 0 amide bonds. The lowest BCUT2D eigenvalue weighted by Crippen LogP contribution is -2.23. The number of hydrogen-bond acceptors (Lipinski definition) is 5. The minimum absolute atomic E-state index is 0.460. The van der Waals surface area contributed by atoms with Gasteiger partial charge in [-0.05, 0) is 60.0 Å². The minimum Gasteiger partial charge on any atom is -0.311 e. The molecule has 0 saturated carbocycles. The van der Waals surface area contributed by atoms with Crippen LogP contribution in [0.25, 0.3) is 49.5 Å². The zero-order valence-electron chi connectivity index (χ0n) is 21.2. The summed E-state index contributed by atoms with van der Waals surface area (Å²) in [6, 6.07) is 27.0. The highest BCUT2D eigenvalue weighted by Gasteiger charge is 2.22. The molecule has 3 heterocycles. The molecule has 7 heteroatoms. The molecule has 0 N–H and O–H groups in total. The second kappa shape index (κ2) is 8.69. The Morgan fingerprint density at radius 1 is 0.868 bits per heavy atom. The van der Waals surface area contributed by atoms with Crippen molar-refractivity contribution >= 4 is 32.7 Å². The van der Waals surface area contributed by atoms with Gasteiger partial charge in [0, 0.05) is 12.4 Å². The fourth-order valence-electron chi connectivity index (χ4n) is 5.01. The lowest BCUT2D eigenvalue weighted by atomic mass is 9.91. The topological polar surface area (TPSA) is 95.6 Å². The molecule has 0 bridgehead atoms. The van der Waals surface area contributed by atoms with Crippen LogP contribution in [0.5, 0.6) is 0 Å². The molecule has 6 aromatic rings. The Morgan fingerprint density at radius 3 is 2.45 bits per heavy atom. The van der Waals surface area contributed by atoms with Crippen LogP contribution in [-0.4, -0.2) is 19.1 Å². The van der Waals surface area contributed by atoms with E-state index < -0.39 is 5.41 Å². The second-order valence-electron chi connectivity index (χ2n) is 9.80. The van der Waals surface area contributed by atoms with Crippen molar-refractivity contribution in [3.8, 4) is 29.1 Å². The van der Waals surface area contributed by atoms with Gasteiger partial charge in [-0.3, -0.25) is 14.5 Å². The standard InChI is InChI=1S/C31H23N7/c1-31(2,18-32)28-14-12-22(16-35-28)38-29-25-15-21(24-10-6-8-20-7-4-5-9-23(20)24)11-13-26(25)34-17-27(29)37(3)30(38)36-19-33/h4-17H,1-3H3. The molecule has 182 valence electrons. The number of hydrogen-bond donors (Lipinski definition) is 0. The first-order chi connectivity index (χ1) is 18.4. The largest absolute Gasteiger partial charge is 0.311 e. The predicted octanol–water partition coefficient (Wildman–Crippen LogP) is 5.92. The van der Waals surface area contributed by atoms with Crippen LogP contribution < -0.4 is 5.62 Å². The monoisotopic (exact) mass is 493 g/mol. The van der Waals surface area contributed by atoms with E-state index in [1.54, 1.807) is 6.20 Å². The zero-order valence-corrected chi connectivity index (χ0v) is 21.2. The molecule has 0 aliphatic heterocycles. The molecule has 0 unspecified atom stereocenters. The van der Waals surface area contributed by atoms with Gasteiger partial charge in [0.05, 0.1) is 51.8 Å². The first kappa shape index (κ1) is 23.1. The smallest absolute Gasteiger partial charge is 0.226 e. The number of aryl methyl sites for hydroxylation is 1. The number of aromatic nitrogens is 4. The average molecular weight is 494 g/mol. The molecule has 0 atom stereocenters. The normalized spacial score (nSPS) is 12.2. The average Bonchev–Trinajstić information content (AvgIpc) is 3.24. The van der Waals surface area contributed by atoms with Gasteiger partial charge in [-0.15, -0.1) is 4.99 Å². The maximum absolute atomic E-state index is 9.54. The fraction of sp³-hybridized carbons (Fsp3) is 0.129. The van der Waals surface area contributed by atoms with Crippen molar-refractivity contribution in [1.82, 2.24) is 19.1 Å². The van der Waals surface area contributed by atoms with E-state index >= 15 is 0 Å². The summed E-state index contributed by atoms with van der Waals surface area (Å²) in [7, 11) is 1.87. The Kier molecular flexibility index (Phi) is 5.29. The van der Waals surface area contributed by atoms with Gasteiger partial charge in [0.15, 0.2) is 0 Å². The molecule has 3 aromatic heterocycles. The molecule has 3 aromatic carbocycles. The SMILES string of the molecule is Cn1c(=NC#N)n(-c2ccc(C(C)(C)C#N)nc2)c2c3cc(-c4cccc5ccccc45)ccc3ncc21. The van der Waals surface area contributed by atoms with Crippen LogP contribution in [-0.2, 0) is 12.5 Å². The van der Waals surface area contributed by atoms with Crippen LogP contribution in [0, 0.1) is 22.8 Å². The maximum atomic E-state index is 9.54. The van der Waals surface area contributed by atoms with Crippen molar-refractivity contribution in [2.75, 3.05) is 0 Å². The first-order valence-electron chi connectivity index (χ1n) is 12.2. The predicted molar refractivity (Wildman–Crippen MR) is 148 cm³/mol. The first-order valence-corrected chi connectivity index (χ1v) is 12.2. The Morgan fingerprint density at radius 2 is 1.68 bits per heavy atom. The lowest BCUT2D eigenvalue weighted by molar-refractivity contribution is 0.658. The number of rotatable bonds is 3. The lowest BCUT2D eigenvalue weighted by Gasteiger charge is -2.15. The third-order valence-corrected chi connectivity index (χ3v) is 7.08. The van der Waals surface area contributed by atoms with Crippen molar-refractivity contribution in [1.29, 1.82) is 10.5 Å². The highest BCUT2D eigenvalue weighted by atomic mass is 15.2. The van der Waals surface area contributed by atoms with E-state index in [0.29, 0.717) is 11.3 Å². The van der Waals surface area contributed by atoms with Crippen LogP contribution in [0.1, 0.15) is 19.5 Å². The summed E-state index contributed by atoms with van der Waals surface area (Å²) in [5.41, 5.74) is 5.91. The summed E-state index contributed by atoms with van der Waals surface area (Å²) in [6.45, 7) is 3.68. The maximum Gasteiger partial charge on any atom is 0.226 e. The Balaban J connectivity index is 1.68. The summed E-state index contributed by atoms with van der Waals surface area (Å²) in [4.78, 5) is 13.5. The number of imidazole rings is 1. The van der Waals surface area contributed by atoms with Gasteiger partial charge in [-0.1, -0.05) is 48.5 Å². The number of nitrogens with zero attached hydrogens (tertiary/aromatic N) is 7. The van der Waals surface area contributed by atoms with Crippen LogP contribution in [0.15, 0.2) is 90.2 Å². The fourth-order valence-corrected chi connectivity index (χ4v) is 5.01. The third kappa shape index (κ3) is 3.53. The molecule has 0 saturated heterocycles. The van der Waals surface area contributed by atoms with Gasteiger partial charge in [0.2, 0.25) is 11.8 Å². The van der Waals surface area contributed by atoms with Crippen LogP contribution in [0.3, 0.4) is 0 Å². The molecule has 0 radical (unpaired) electrons. The highest BCUT2D eigenvalue weighted by Crippen LogP contribution is 2.33. The Hall–Kier alpha value is -5.27. The van der Waals surface area contributed by atoms with E-state index in [4.69, 9.17) is 4.98 Å². The van der Waals surface area contributed by atoms with Gasteiger partial charge >= 0.3 is 0 Å². The molecular formula is C31H23N7. The minimum atomic E-state index is -0.716. The number of fused-ring (bicyclic) bond motifs is 4. The van der Waals surface area contributed by atoms with Gasteiger partial charge in [-0.25, -0.2) is 0 Å². The summed E-state index contributed by atoms with van der Waals surface area (Å²) in [6.07, 6.45) is 5.48. The molecular weight excluding hydrogens is 470 g/mol. The van der Waals surface area contributed by atoms with E-state index in [-0.39, 0.29) is 0 Å². The van der Waals surface area contributed by atoms with E-state index in [1.165, 1.54) is 10.8 Å². The van der Waals surface area contributed by atoms with E-state index in [0.717, 1.165) is 38.8 Å². The quantitative estimate of drug-likeness (QED) is 0.286. The van der Waals surface area contributed by atoms with Gasteiger partial charge < -0.3 is 4.57 Å².